The van der Waals surface area contributed by atoms with E-state index in [1.54, 1.807) is 14.2 Å². The summed E-state index contributed by atoms with van der Waals surface area (Å²) in [4.78, 5) is 6.70. The van der Waals surface area contributed by atoms with E-state index < -0.39 is 0 Å². The van der Waals surface area contributed by atoms with Gasteiger partial charge < -0.3 is 14.8 Å². The standard InChI is InChI=1S/C15H25N3O2/c1-4-6-16-15-8-12(5-7-17-15)9-18-10-13(19-2)14(11-18)20-3/h5,7-8,13-14H,4,6,9-11H2,1-3H3,(H,16,17). The third-order valence-electron chi connectivity index (χ3n) is 3.68. The Kier molecular flexibility index (Phi) is 5.76. The Morgan fingerprint density at radius 2 is 2.00 bits per heavy atom. The van der Waals surface area contributed by atoms with E-state index in [2.05, 4.69) is 34.3 Å². The number of aromatic nitrogens is 1. The third-order valence-corrected chi connectivity index (χ3v) is 3.68. The molecule has 0 spiro atoms. The van der Waals surface area contributed by atoms with E-state index in [9.17, 15) is 0 Å². The van der Waals surface area contributed by atoms with E-state index in [1.165, 1.54) is 5.56 Å². The van der Waals surface area contributed by atoms with Crippen molar-refractivity contribution in [1.82, 2.24) is 9.88 Å². The summed E-state index contributed by atoms with van der Waals surface area (Å²) in [5.41, 5.74) is 1.27. The van der Waals surface area contributed by atoms with Crippen molar-refractivity contribution >= 4 is 5.82 Å². The van der Waals surface area contributed by atoms with E-state index in [0.717, 1.165) is 38.4 Å². The number of hydrogen-bond acceptors (Lipinski definition) is 5. The summed E-state index contributed by atoms with van der Waals surface area (Å²) in [6.45, 7) is 5.83. The first kappa shape index (κ1) is 15.2. The van der Waals surface area contributed by atoms with Gasteiger partial charge in [0.05, 0.1) is 12.2 Å². The van der Waals surface area contributed by atoms with Gasteiger partial charge in [0.25, 0.3) is 0 Å². The van der Waals surface area contributed by atoms with Crippen LogP contribution in [0.4, 0.5) is 5.82 Å². The lowest BCUT2D eigenvalue weighted by Gasteiger charge is -2.15. The molecular weight excluding hydrogens is 254 g/mol. The van der Waals surface area contributed by atoms with Crippen LogP contribution in [-0.4, -0.2) is 55.9 Å². The molecule has 1 aromatic rings. The SMILES string of the molecule is CCCNc1cc(CN2CC(OC)C(OC)C2)ccn1. The maximum atomic E-state index is 5.47. The van der Waals surface area contributed by atoms with Gasteiger partial charge in [-0.3, -0.25) is 4.90 Å². The number of nitrogens with one attached hydrogen (secondary N) is 1. The van der Waals surface area contributed by atoms with Crippen LogP contribution in [0, 0.1) is 0 Å². The van der Waals surface area contributed by atoms with Crippen LogP contribution in [0.3, 0.4) is 0 Å². The van der Waals surface area contributed by atoms with Gasteiger partial charge in [0.15, 0.2) is 0 Å². The number of rotatable bonds is 7. The number of ether oxygens (including phenoxy) is 2. The van der Waals surface area contributed by atoms with Crippen molar-refractivity contribution < 1.29 is 9.47 Å². The Morgan fingerprint density at radius 3 is 2.60 bits per heavy atom. The molecule has 0 saturated carbocycles. The van der Waals surface area contributed by atoms with E-state index in [1.807, 2.05) is 6.20 Å². The van der Waals surface area contributed by atoms with Gasteiger partial charge in [-0.25, -0.2) is 4.98 Å². The summed E-state index contributed by atoms with van der Waals surface area (Å²) < 4.78 is 10.9. The highest BCUT2D eigenvalue weighted by atomic mass is 16.5. The van der Waals surface area contributed by atoms with Crippen LogP contribution in [0.1, 0.15) is 18.9 Å². The molecule has 1 fully saturated rings. The van der Waals surface area contributed by atoms with Gasteiger partial charge in [0.2, 0.25) is 0 Å². The lowest BCUT2D eigenvalue weighted by Crippen LogP contribution is -2.27. The van der Waals surface area contributed by atoms with Gasteiger partial charge in [0.1, 0.15) is 5.82 Å². The highest BCUT2D eigenvalue weighted by Gasteiger charge is 2.32. The number of likely N-dealkylation sites (tertiary alicyclic amines) is 1. The average Bonchev–Trinajstić information content (AvgIpc) is 2.87. The molecule has 0 radical (unpaired) electrons. The molecular formula is C15H25N3O2. The molecule has 1 aromatic heterocycles. The summed E-state index contributed by atoms with van der Waals surface area (Å²) in [5.74, 6) is 0.954. The minimum atomic E-state index is 0.166. The maximum absolute atomic E-state index is 5.47. The number of anilines is 1. The van der Waals surface area contributed by atoms with Gasteiger partial charge >= 0.3 is 0 Å². The normalized spacial score (nSPS) is 23.1. The van der Waals surface area contributed by atoms with Crippen molar-refractivity contribution in [3.8, 4) is 0 Å². The highest BCUT2D eigenvalue weighted by molar-refractivity contribution is 5.37. The molecule has 2 unspecified atom stereocenters. The molecule has 2 atom stereocenters. The van der Waals surface area contributed by atoms with Crippen LogP contribution in [0.2, 0.25) is 0 Å². The molecule has 0 aromatic carbocycles. The smallest absolute Gasteiger partial charge is 0.126 e. The molecule has 5 nitrogen and oxygen atoms in total. The first-order chi connectivity index (χ1) is 9.76. The van der Waals surface area contributed by atoms with Crippen LogP contribution in [-0.2, 0) is 16.0 Å². The van der Waals surface area contributed by atoms with E-state index >= 15 is 0 Å². The van der Waals surface area contributed by atoms with Crippen molar-refractivity contribution in [2.75, 3.05) is 39.2 Å². The third kappa shape index (κ3) is 3.91. The van der Waals surface area contributed by atoms with Crippen molar-refractivity contribution in [1.29, 1.82) is 0 Å². The number of methoxy groups -OCH3 is 2. The minimum Gasteiger partial charge on any atom is -0.377 e. The zero-order valence-electron chi connectivity index (χ0n) is 12.6. The lowest BCUT2D eigenvalue weighted by atomic mass is 10.2. The molecule has 112 valence electrons. The van der Waals surface area contributed by atoms with Crippen molar-refractivity contribution in [3.63, 3.8) is 0 Å². The van der Waals surface area contributed by atoms with Gasteiger partial charge in [0, 0.05) is 46.6 Å². The molecule has 0 aliphatic carbocycles. The highest BCUT2D eigenvalue weighted by Crippen LogP contribution is 2.19. The fourth-order valence-corrected chi connectivity index (χ4v) is 2.58. The van der Waals surface area contributed by atoms with Crippen molar-refractivity contribution in [2.45, 2.75) is 32.1 Å². The summed E-state index contributed by atoms with van der Waals surface area (Å²) in [6.07, 6.45) is 3.30. The molecule has 1 saturated heterocycles. The first-order valence-electron chi connectivity index (χ1n) is 7.23. The maximum Gasteiger partial charge on any atom is 0.126 e. The van der Waals surface area contributed by atoms with Gasteiger partial charge in [-0.1, -0.05) is 6.92 Å². The Hall–Kier alpha value is -1.17. The average molecular weight is 279 g/mol. The molecule has 1 aliphatic heterocycles. The van der Waals surface area contributed by atoms with Crippen molar-refractivity contribution in [2.24, 2.45) is 0 Å². The fraction of sp³-hybridized carbons (Fsp3) is 0.667. The quantitative estimate of drug-likeness (QED) is 0.824. The summed E-state index contributed by atoms with van der Waals surface area (Å²) in [5, 5.41) is 3.32. The summed E-state index contributed by atoms with van der Waals surface area (Å²) in [7, 11) is 3.50. The van der Waals surface area contributed by atoms with Crippen LogP contribution in [0.15, 0.2) is 18.3 Å². The van der Waals surface area contributed by atoms with E-state index in [-0.39, 0.29) is 12.2 Å². The molecule has 1 N–H and O–H groups in total. The van der Waals surface area contributed by atoms with Gasteiger partial charge in [-0.05, 0) is 24.1 Å². The zero-order valence-corrected chi connectivity index (χ0v) is 12.6. The predicted molar refractivity (Wildman–Crippen MR) is 79.9 cm³/mol. The Morgan fingerprint density at radius 1 is 1.30 bits per heavy atom. The number of nitrogens with zero attached hydrogens (tertiary/aromatic N) is 2. The van der Waals surface area contributed by atoms with Gasteiger partial charge in [-0.15, -0.1) is 0 Å². The number of hydrogen-bond donors (Lipinski definition) is 1. The molecule has 0 amide bonds. The zero-order chi connectivity index (χ0) is 14.4. The van der Waals surface area contributed by atoms with E-state index in [0.29, 0.717) is 0 Å². The first-order valence-corrected chi connectivity index (χ1v) is 7.23. The van der Waals surface area contributed by atoms with Crippen LogP contribution in [0.25, 0.3) is 0 Å². The summed E-state index contributed by atoms with van der Waals surface area (Å²) in [6, 6.07) is 4.19. The second-order valence-electron chi connectivity index (χ2n) is 5.22. The summed E-state index contributed by atoms with van der Waals surface area (Å²) >= 11 is 0. The molecule has 20 heavy (non-hydrogen) atoms. The Balaban J connectivity index is 1.93. The van der Waals surface area contributed by atoms with E-state index in [4.69, 9.17) is 9.47 Å². The second-order valence-corrected chi connectivity index (χ2v) is 5.22. The Labute approximate surface area is 121 Å². The molecule has 2 rings (SSSR count). The monoisotopic (exact) mass is 279 g/mol. The largest absolute Gasteiger partial charge is 0.377 e. The van der Waals surface area contributed by atoms with Gasteiger partial charge in [-0.2, -0.15) is 0 Å². The number of pyridine rings is 1. The van der Waals surface area contributed by atoms with Crippen LogP contribution in [0.5, 0.6) is 0 Å². The molecule has 1 aliphatic rings. The Bertz CT molecular complexity index is 402. The lowest BCUT2D eigenvalue weighted by molar-refractivity contribution is -0.00461. The minimum absolute atomic E-state index is 0.166. The van der Waals surface area contributed by atoms with Crippen molar-refractivity contribution in [3.05, 3.63) is 23.9 Å². The molecule has 2 heterocycles. The fourth-order valence-electron chi connectivity index (χ4n) is 2.58. The van der Waals surface area contributed by atoms with Crippen LogP contribution >= 0.6 is 0 Å². The molecule has 5 heteroatoms. The second kappa shape index (κ2) is 7.57. The van der Waals surface area contributed by atoms with Crippen LogP contribution < -0.4 is 5.32 Å². The topological polar surface area (TPSA) is 46.6 Å². The molecule has 0 bridgehead atoms. The predicted octanol–water partition coefficient (Wildman–Crippen LogP) is 1.75.